The number of benzene rings is 1. The Hall–Kier alpha value is -2.18. The van der Waals surface area contributed by atoms with E-state index in [1.807, 2.05) is 29.6 Å². The van der Waals surface area contributed by atoms with Crippen molar-refractivity contribution in [3.05, 3.63) is 57.5 Å². The molecule has 0 bridgehead atoms. The van der Waals surface area contributed by atoms with Gasteiger partial charge in [0.15, 0.2) is 0 Å². The molecule has 5 nitrogen and oxygen atoms in total. The molecule has 4 rings (SSSR count). The van der Waals surface area contributed by atoms with E-state index >= 15 is 0 Å². The quantitative estimate of drug-likeness (QED) is 0.778. The van der Waals surface area contributed by atoms with Gasteiger partial charge < -0.3 is 9.72 Å². The molecule has 1 aromatic carbocycles. The minimum Gasteiger partial charge on any atom is -0.491 e. The maximum absolute atomic E-state index is 11.9. The molecule has 0 aliphatic carbocycles. The second kappa shape index (κ2) is 4.98. The maximum atomic E-state index is 11.9. The predicted octanol–water partition coefficient (Wildman–Crippen LogP) is 2.21. The maximum Gasteiger partial charge on any atom is 0.268 e. The highest BCUT2D eigenvalue weighted by molar-refractivity contribution is 7.17. The number of hydrogen-bond acceptors (Lipinski definition) is 5. The lowest BCUT2D eigenvalue weighted by Gasteiger charge is -2.10. The Labute approximate surface area is 124 Å². The lowest BCUT2D eigenvalue weighted by atomic mass is 10.1. The normalized spacial score (nSPS) is 16.9. The topological polar surface area (TPSA) is 67.0 Å². The number of aromatic nitrogens is 2. The van der Waals surface area contributed by atoms with E-state index in [0.717, 1.165) is 16.8 Å². The number of H-pyrrole nitrogens is 1. The minimum atomic E-state index is -0.0742. The van der Waals surface area contributed by atoms with Gasteiger partial charge in [0.25, 0.3) is 5.56 Å². The molecule has 1 aliphatic rings. The summed E-state index contributed by atoms with van der Waals surface area (Å²) >= 11 is 1.41. The third-order valence-corrected chi connectivity index (χ3v) is 4.48. The van der Waals surface area contributed by atoms with Gasteiger partial charge in [-0.2, -0.15) is 0 Å². The van der Waals surface area contributed by atoms with Crippen molar-refractivity contribution in [1.29, 1.82) is 0 Å². The Morgan fingerprint density at radius 2 is 2.29 bits per heavy atom. The third-order valence-electron chi connectivity index (χ3n) is 3.58. The van der Waals surface area contributed by atoms with Crippen LogP contribution in [-0.2, 0) is 6.54 Å². The van der Waals surface area contributed by atoms with E-state index in [1.54, 1.807) is 0 Å². The molecule has 6 heteroatoms. The van der Waals surface area contributed by atoms with Crippen LogP contribution in [0.3, 0.4) is 0 Å². The van der Waals surface area contributed by atoms with E-state index in [9.17, 15) is 4.79 Å². The van der Waals surface area contributed by atoms with Crippen LogP contribution in [0.25, 0.3) is 10.2 Å². The highest BCUT2D eigenvalue weighted by atomic mass is 32.1. The molecular weight excluding hydrogens is 286 g/mol. The molecule has 1 unspecified atom stereocenters. The SMILES string of the molecule is O=c1[nH]c(CNC2COc3ccccc32)nc2ccsc12. The van der Waals surface area contributed by atoms with Gasteiger partial charge in [0, 0.05) is 5.56 Å². The van der Waals surface area contributed by atoms with Crippen LogP contribution in [-0.4, -0.2) is 16.6 Å². The summed E-state index contributed by atoms with van der Waals surface area (Å²) in [6.07, 6.45) is 0. The molecule has 3 heterocycles. The number of rotatable bonds is 3. The lowest BCUT2D eigenvalue weighted by Crippen LogP contribution is -2.24. The second-order valence-electron chi connectivity index (χ2n) is 4.93. The molecule has 0 saturated carbocycles. The Morgan fingerprint density at radius 1 is 1.38 bits per heavy atom. The fourth-order valence-electron chi connectivity index (χ4n) is 2.56. The Balaban J connectivity index is 1.55. The van der Waals surface area contributed by atoms with E-state index < -0.39 is 0 Å². The highest BCUT2D eigenvalue weighted by Crippen LogP contribution is 2.31. The van der Waals surface area contributed by atoms with Gasteiger partial charge in [0.2, 0.25) is 0 Å². The molecule has 0 saturated heterocycles. The first-order valence-electron chi connectivity index (χ1n) is 6.73. The van der Waals surface area contributed by atoms with Crippen LogP contribution in [0.15, 0.2) is 40.5 Å². The zero-order valence-electron chi connectivity index (χ0n) is 11.1. The number of ether oxygens (including phenoxy) is 1. The van der Waals surface area contributed by atoms with Gasteiger partial charge in [-0.15, -0.1) is 11.3 Å². The molecule has 0 amide bonds. The summed E-state index contributed by atoms with van der Waals surface area (Å²) in [5.41, 5.74) is 1.83. The number of aromatic amines is 1. The molecule has 21 heavy (non-hydrogen) atoms. The van der Waals surface area contributed by atoms with E-state index in [-0.39, 0.29) is 11.6 Å². The van der Waals surface area contributed by atoms with Crippen molar-refractivity contribution in [2.75, 3.05) is 6.61 Å². The van der Waals surface area contributed by atoms with Crippen molar-refractivity contribution >= 4 is 21.6 Å². The smallest absolute Gasteiger partial charge is 0.268 e. The predicted molar refractivity (Wildman–Crippen MR) is 81.8 cm³/mol. The van der Waals surface area contributed by atoms with Gasteiger partial charge in [-0.25, -0.2) is 4.98 Å². The van der Waals surface area contributed by atoms with Crippen LogP contribution >= 0.6 is 11.3 Å². The van der Waals surface area contributed by atoms with Crippen LogP contribution in [0.2, 0.25) is 0 Å². The van der Waals surface area contributed by atoms with Gasteiger partial charge in [-0.05, 0) is 17.5 Å². The highest BCUT2D eigenvalue weighted by Gasteiger charge is 2.23. The molecule has 2 aromatic heterocycles. The van der Waals surface area contributed by atoms with Crippen molar-refractivity contribution in [3.8, 4) is 5.75 Å². The van der Waals surface area contributed by atoms with Crippen LogP contribution in [0.1, 0.15) is 17.4 Å². The minimum absolute atomic E-state index is 0.0742. The monoisotopic (exact) mass is 299 g/mol. The molecule has 0 spiro atoms. The average Bonchev–Trinajstić information content (AvgIpc) is 3.12. The van der Waals surface area contributed by atoms with E-state index in [2.05, 4.69) is 21.4 Å². The molecular formula is C15H13N3O2S. The largest absolute Gasteiger partial charge is 0.491 e. The summed E-state index contributed by atoms with van der Waals surface area (Å²) in [5.74, 6) is 1.57. The molecule has 0 radical (unpaired) electrons. The zero-order chi connectivity index (χ0) is 14.2. The van der Waals surface area contributed by atoms with Crippen LogP contribution in [0, 0.1) is 0 Å². The van der Waals surface area contributed by atoms with Crippen molar-refractivity contribution in [2.45, 2.75) is 12.6 Å². The fourth-order valence-corrected chi connectivity index (χ4v) is 3.28. The number of hydrogen-bond donors (Lipinski definition) is 2. The number of nitrogens with one attached hydrogen (secondary N) is 2. The molecule has 2 N–H and O–H groups in total. The standard InChI is InChI=1S/C15H13N3O2S/c19-15-14-10(5-6-21-14)17-13(18-15)7-16-11-8-20-12-4-2-1-3-9(11)12/h1-6,11,16H,7-8H2,(H,17,18,19). The first kappa shape index (κ1) is 12.6. The van der Waals surface area contributed by atoms with Crippen LogP contribution < -0.4 is 15.6 Å². The van der Waals surface area contributed by atoms with Gasteiger partial charge in [-0.3, -0.25) is 10.1 Å². The van der Waals surface area contributed by atoms with E-state index in [1.165, 1.54) is 11.3 Å². The summed E-state index contributed by atoms with van der Waals surface area (Å²) < 4.78 is 6.30. The first-order chi connectivity index (χ1) is 10.3. The lowest BCUT2D eigenvalue weighted by molar-refractivity contribution is 0.309. The number of fused-ring (bicyclic) bond motifs is 2. The summed E-state index contributed by atoms with van der Waals surface area (Å²) in [6, 6.07) is 9.98. The molecule has 1 atom stereocenters. The van der Waals surface area contributed by atoms with Crippen molar-refractivity contribution in [2.24, 2.45) is 0 Å². The Morgan fingerprint density at radius 3 is 3.24 bits per heavy atom. The van der Waals surface area contributed by atoms with E-state index in [4.69, 9.17) is 4.74 Å². The number of nitrogens with zero attached hydrogens (tertiary/aromatic N) is 1. The van der Waals surface area contributed by atoms with Crippen LogP contribution in [0.4, 0.5) is 0 Å². The van der Waals surface area contributed by atoms with Crippen molar-refractivity contribution < 1.29 is 4.74 Å². The van der Waals surface area contributed by atoms with Gasteiger partial charge in [-0.1, -0.05) is 18.2 Å². The number of thiophene rings is 1. The molecule has 3 aromatic rings. The van der Waals surface area contributed by atoms with Crippen molar-refractivity contribution in [1.82, 2.24) is 15.3 Å². The first-order valence-corrected chi connectivity index (χ1v) is 7.61. The number of para-hydroxylation sites is 1. The summed E-state index contributed by atoms with van der Waals surface area (Å²) in [7, 11) is 0. The molecule has 106 valence electrons. The zero-order valence-corrected chi connectivity index (χ0v) is 11.9. The average molecular weight is 299 g/mol. The van der Waals surface area contributed by atoms with E-state index in [0.29, 0.717) is 23.7 Å². The van der Waals surface area contributed by atoms with Crippen molar-refractivity contribution in [3.63, 3.8) is 0 Å². The summed E-state index contributed by atoms with van der Waals surface area (Å²) in [6.45, 7) is 1.10. The van der Waals surface area contributed by atoms with Gasteiger partial charge in [0.1, 0.15) is 22.9 Å². The van der Waals surface area contributed by atoms with Gasteiger partial charge in [0.05, 0.1) is 18.1 Å². The van der Waals surface area contributed by atoms with Crippen LogP contribution in [0.5, 0.6) is 5.75 Å². The third kappa shape index (κ3) is 2.22. The van der Waals surface area contributed by atoms with Gasteiger partial charge >= 0.3 is 0 Å². The summed E-state index contributed by atoms with van der Waals surface area (Å²) in [4.78, 5) is 19.2. The second-order valence-corrected chi connectivity index (χ2v) is 5.85. The Kier molecular flexibility index (Phi) is 2.98. The summed E-state index contributed by atoms with van der Waals surface area (Å²) in [5, 5.41) is 5.26. The molecule has 1 aliphatic heterocycles. The fraction of sp³-hybridized carbons (Fsp3) is 0.200. The molecule has 0 fully saturated rings. The Bertz CT molecular complexity index is 855.